The highest BCUT2D eigenvalue weighted by Crippen LogP contribution is 2.11. The molecule has 0 aliphatic carbocycles. The fraction of sp³-hybridized carbons (Fsp3) is 0.562. The van der Waals surface area contributed by atoms with E-state index in [1.54, 1.807) is 0 Å². The lowest BCUT2D eigenvalue weighted by molar-refractivity contribution is -0.120. The molecular weight excluding hydrogens is 258 g/mol. The molecule has 1 rings (SSSR count). The van der Waals surface area contributed by atoms with Crippen LogP contribution in [0.5, 0.6) is 0 Å². The predicted molar refractivity (Wildman–Crippen MR) is 81.6 cm³/mol. The summed E-state index contributed by atoms with van der Waals surface area (Å²) >= 11 is 5.78. The van der Waals surface area contributed by atoms with Crippen molar-refractivity contribution in [1.29, 1.82) is 0 Å². The van der Waals surface area contributed by atoms with Gasteiger partial charge in [-0.2, -0.15) is 0 Å². The molecule has 1 atom stereocenters. The summed E-state index contributed by atoms with van der Waals surface area (Å²) in [4.78, 5) is 11.9. The lowest BCUT2D eigenvalue weighted by Crippen LogP contribution is -2.30. The number of carbonyl (C=O) groups is 1. The Bertz CT molecular complexity index is 369. The molecule has 0 fully saturated rings. The highest BCUT2D eigenvalue weighted by atomic mass is 35.5. The summed E-state index contributed by atoms with van der Waals surface area (Å²) in [5, 5.41) is 3.02. The van der Waals surface area contributed by atoms with Gasteiger partial charge in [0, 0.05) is 12.4 Å². The van der Waals surface area contributed by atoms with Crippen molar-refractivity contribution >= 4 is 17.5 Å². The number of hydrogen-bond donors (Lipinski definition) is 1. The topological polar surface area (TPSA) is 29.1 Å². The first-order valence-electron chi connectivity index (χ1n) is 7.04. The van der Waals surface area contributed by atoms with Gasteiger partial charge in [-0.05, 0) is 31.2 Å². The molecule has 0 heterocycles. The van der Waals surface area contributed by atoms with E-state index < -0.39 is 0 Å². The fourth-order valence-electron chi connectivity index (χ4n) is 2.12. The van der Waals surface area contributed by atoms with Gasteiger partial charge in [0.25, 0.3) is 0 Å². The quantitative estimate of drug-likeness (QED) is 0.723. The van der Waals surface area contributed by atoms with E-state index in [1.807, 2.05) is 31.2 Å². The van der Waals surface area contributed by atoms with Crippen LogP contribution in [0.15, 0.2) is 24.3 Å². The maximum Gasteiger partial charge on any atom is 0.224 e. The Labute approximate surface area is 121 Å². The molecule has 106 valence electrons. The Hall–Kier alpha value is -1.02. The van der Waals surface area contributed by atoms with Gasteiger partial charge in [-0.15, -0.1) is 11.6 Å². The molecule has 0 saturated carbocycles. The van der Waals surface area contributed by atoms with Crippen LogP contribution >= 0.6 is 11.6 Å². The summed E-state index contributed by atoms with van der Waals surface area (Å²) in [7, 11) is 0. The number of hydrogen-bond acceptors (Lipinski definition) is 1. The van der Waals surface area contributed by atoms with E-state index in [0.717, 1.165) is 31.4 Å². The molecular formula is C16H24ClNO. The monoisotopic (exact) mass is 281 g/mol. The standard InChI is InChI=1S/C16H24ClNO/c1-3-4-15(9-10-17)12-18-16(19)11-14-7-5-13(2)6-8-14/h5-8,15H,3-4,9-12H2,1-2H3,(H,18,19). The smallest absolute Gasteiger partial charge is 0.224 e. The third kappa shape index (κ3) is 6.63. The summed E-state index contributed by atoms with van der Waals surface area (Å²) in [5.41, 5.74) is 2.28. The lowest BCUT2D eigenvalue weighted by Gasteiger charge is -2.15. The summed E-state index contributed by atoms with van der Waals surface area (Å²) in [6.45, 7) is 4.95. The molecule has 2 nitrogen and oxygen atoms in total. The summed E-state index contributed by atoms with van der Waals surface area (Å²) in [6.07, 6.45) is 3.69. The zero-order chi connectivity index (χ0) is 14.1. The van der Waals surface area contributed by atoms with E-state index in [1.165, 1.54) is 5.56 Å². The average Bonchev–Trinajstić information content (AvgIpc) is 2.39. The normalized spacial score (nSPS) is 12.2. The van der Waals surface area contributed by atoms with Gasteiger partial charge in [0.2, 0.25) is 5.91 Å². The molecule has 0 bridgehead atoms. The molecule has 1 aromatic carbocycles. The van der Waals surface area contributed by atoms with Crippen LogP contribution in [-0.4, -0.2) is 18.3 Å². The number of aryl methyl sites for hydroxylation is 1. The zero-order valence-electron chi connectivity index (χ0n) is 11.9. The SMILES string of the molecule is CCCC(CCCl)CNC(=O)Cc1ccc(C)cc1. The van der Waals surface area contributed by atoms with Crippen molar-refractivity contribution in [3.63, 3.8) is 0 Å². The summed E-state index contributed by atoms with van der Waals surface area (Å²) in [5.74, 6) is 1.27. The fourth-order valence-corrected chi connectivity index (χ4v) is 2.43. The molecule has 1 amide bonds. The Morgan fingerprint density at radius 2 is 1.95 bits per heavy atom. The molecule has 3 heteroatoms. The first kappa shape index (κ1) is 16.0. The lowest BCUT2D eigenvalue weighted by atomic mass is 10.0. The Morgan fingerprint density at radius 1 is 1.26 bits per heavy atom. The Morgan fingerprint density at radius 3 is 2.53 bits per heavy atom. The first-order valence-corrected chi connectivity index (χ1v) is 7.57. The minimum Gasteiger partial charge on any atom is -0.356 e. The third-order valence-corrected chi connectivity index (χ3v) is 3.51. The minimum atomic E-state index is 0.0968. The number of rotatable bonds is 8. The molecule has 19 heavy (non-hydrogen) atoms. The maximum absolute atomic E-state index is 11.9. The van der Waals surface area contributed by atoms with Gasteiger partial charge in [0.05, 0.1) is 6.42 Å². The number of alkyl halides is 1. The predicted octanol–water partition coefficient (Wildman–Crippen LogP) is 3.70. The second kappa shape index (κ2) is 8.98. The minimum absolute atomic E-state index is 0.0968. The van der Waals surface area contributed by atoms with E-state index in [9.17, 15) is 4.79 Å². The van der Waals surface area contributed by atoms with E-state index in [0.29, 0.717) is 18.2 Å². The van der Waals surface area contributed by atoms with E-state index in [4.69, 9.17) is 11.6 Å². The third-order valence-electron chi connectivity index (χ3n) is 3.29. The molecule has 1 N–H and O–H groups in total. The second-order valence-electron chi connectivity index (χ2n) is 5.10. The van der Waals surface area contributed by atoms with Gasteiger partial charge in [-0.25, -0.2) is 0 Å². The van der Waals surface area contributed by atoms with Gasteiger partial charge in [-0.1, -0.05) is 43.2 Å². The molecule has 0 aromatic heterocycles. The van der Waals surface area contributed by atoms with Gasteiger partial charge in [0.1, 0.15) is 0 Å². The number of amides is 1. The molecule has 0 aliphatic rings. The van der Waals surface area contributed by atoms with Crippen molar-refractivity contribution < 1.29 is 4.79 Å². The molecule has 0 spiro atoms. The van der Waals surface area contributed by atoms with Gasteiger partial charge >= 0.3 is 0 Å². The summed E-state index contributed by atoms with van der Waals surface area (Å²) < 4.78 is 0. The highest BCUT2D eigenvalue weighted by Gasteiger charge is 2.09. The molecule has 0 radical (unpaired) electrons. The summed E-state index contributed by atoms with van der Waals surface area (Å²) in [6, 6.07) is 8.10. The van der Waals surface area contributed by atoms with Crippen molar-refractivity contribution in [2.45, 2.75) is 39.5 Å². The van der Waals surface area contributed by atoms with Crippen molar-refractivity contribution in [2.24, 2.45) is 5.92 Å². The van der Waals surface area contributed by atoms with Crippen LogP contribution in [0.25, 0.3) is 0 Å². The van der Waals surface area contributed by atoms with Crippen LogP contribution in [0.1, 0.15) is 37.3 Å². The second-order valence-corrected chi connectivity index (χ2v) is 5.48. The van der Waals surface area contributed by atoms with Gasteiger partial charge < -0.3 is 5.32 Å². The van der Waals surface area contributed by atoms with Crippen LogP contribution in [0, 0.1) is 12.8 Å². The largest absolute Gasteiger partial charge is 0.356 e. The van der Waals surface area contributed by atoms with Crippen LogP contribution in [0.4, 0.5) is 0 Å². The van der Waals surface area contributed by atoms with Crippen molar-refractivity contribution in [2.75, 3.05) is 12.4 Å². The van der Waals surface area contributed by atoms with Crippen LogP contribution in [0.2, 0.25) is 0 Å². The zero-order valence-corrected chi connectivity index (χ0v) is 12.7. The van der Waals surface area contributed by atoms with Gasteiger partial charge in [-0.3, -0.25) is 4.79 Å². The highest BCUT2D eigenvalue weighted by molar-refractivity contribution is 6.17. The van der Waals surface area contributed by atoms with E-state index in [-0.39, 0.29) is 5.91 Å². The number of nitrogens with one attached hydrogen (secondary N) is 1. The molecule has 0 saturated heterocycles. The maximum atomic E-state index is 11.9. The molecule has 0 aliphatic heterocycles. The van der Waals surface area contributed by atoms with Crippen LogP contribution in [0.3, 0.4) is 0 Å². The van der Waals surface area contributed by atoms with E-state index >= 15 is 0 Å². The number of halogens is 1. The Kier molecular flexibility index (Phi) is 7.57. The number of benzene rings is 1. The number of carbonyl (C=O) groups excluding carboxylic acids is 1. The average molecular weight is 282 g/mol. The van der Waals surface area contributed by atoms with Crippen molar-refractivity contribution in [1.82, 2.24) is 5.32 Å². The van der Waals surface area contributed by atoms with Gasteiger partial charge in [0.15, 0.2) is 0 Å². The first-order chi connectivity index (χ1) is 9.15. The van der Waals surface area contributed by atoms with E-state index in [2.05, 4.69) is 12.2 Å². The Balaban J connectivity index is 2.35. The molecule has 1 aromatic rings. The van der Waals surface area contributed by atoms with Crippen molar-refractivity contribution in [3.05, 3.63) is 35.4 Å². The van der Waals surface area contributed by atoms with Crippen LogP contribution in [-0.2, 0) is 11.2 Å². The van der Waals surface area contributed by atoms with Crippen LogP contribution < -0.4 is 5.32 Å². The van der Waals surface area contributed by atoms with Crippen molar-refractivity contribution in [3.8, 4) is 0 Å². The molecule has 1 unspecified atom stereocenters.